The van der Waals surface area contributed by atoms with Gasteiger partial charge in [-0.15, -0.1) is 0 Å². The largest absolute Gasteiger partial charge is 0.393 e. The molecule has 124 valence electrons. The summed E-state index contributed by atoms with van der Waals surface area (Å²) in [6, 6.07) is 11.5. The number of nitrogens with two attached hydrogens (primary N) is 1. The zero-order valence-corrected chi connectivity index (χ0v) is 13.4. The highest BCUT2D eigenvalue weighted by molar-refractivity contribution is 5.93. The zero-order valence-electron chi connectivity index (χ0n) is 13.4. The van der Waals surface area contributed by atoms with E-state index in [-0.39, 0.29) is 0 Å². The van der Waals surface area contributed by atoms with Gasteiger partial charge in [-0.2, -0.15) is 0 Å². The summed E-state index contributed by atoms with van der Waals surface area (Å²) in [6.07, 6.45) is 3.17. The summed E-state index contributed by atoms with van der Waals surface area (Å²) in [6.45, 7) is 1.81. The first-order valence-electron chi connectivity index (χ1n) is 7.62. The van der Waals surface area contributed by atoms with Crippen molar-refractivity contribution >= 4 is 39.7 Å². The molecule has 0 saturated heterocycles. The molecule has 4 N–H and O–H groups in total. The maximum absolute atomic E-state index is 6.20. The van der Waals surface area contributed by atoms with Gasteiger partial charge in [0, 0.05) is 17.6 Å². The molecule has 4 aromatic rings. The van der Waals surface area contributed by atoms with Crippen molar-refractivity contribution < 1.29 is 4.52 Å². The van der Waals surface area contributed by atoms with Crippen LogP contribution in [0.25, 0.3) is 10.9 Å². The Morgan fingerprint density at radius 3 is 2.60 bits per heavy atom. The molecule has 25 heavy (non-hydrogen) atoms. The van der Waals surface area contributed by atoms with E-state index in [1.807, 2.05) is 37.3 Å². The van der Waals surface area contributed by atoms with E-state index in [1.165, 1.54) is 6.33 Å². The van der Waals surface area contributed by atoms with E-state index in [2.05, 4.69) is 30.7 Å². The molecule has 8 nitrogen and oxygen atoms in total. The van der Waals surface area contributed by atoms with Gasteiger partial charge in [0.1, 0.15) is 17.8 Å². The maximum atomic E-state index is 6.20. The number of aromatic nitrogens is 4. The standard InChI is InChI=1S/C17H15N7O/c1-10-8-13(24-25-10)23-17-14(18)16(20-9-21-17)22-12-6-2-4-11-5-3-7-19-15(11)12/h2-9H,18H2,1H3,(H2,20,21,22,23,24). The van der Waals surface area contributed by atoms with Crippen LogP contribution in [0.15, 0.2) is 53.4 Å². The average molecular weight is 333 g/mol. The smallest absolute Gasteiger partial charge is 0.175 e. The fourth-order valence-corrected chi connectivity index (χ4v) is 2.47. The third-order valence-electron chi connectivity index (χ3n) is 3.64. The molecule has 0 spiro atoms. The van der Waals surface area contributed by atoms with Crippen LogP contribution in [0, 0.1) is 6.92 Å². The van der Waals surface area contributed by atoms with Crippen LogP contribution >= 0.6 is 0 Å². The molecule has 0 aliphatic rings. The summed E-state index contributed by atoms with van der Waals surface area (Å²) in [7, 11) is 0. The second-order valence-electron chi connectivity index (χ2n) is 5.44. The van der Waals surface area contributed by atoms with Crippen molar-refractivity contribution in [1.29, 1.82) is 0 Å². The van der Waals surface area contributed by atoms with Crippen LogP contribution in [-0.2, 0) is 0 Å². The number of aryl methyl sites for hydroxylation is 1. The molecule has 4 rings (SSSR count). The number of nitrogens with one attached hydrogen (secondary N) is 2. The molecule has 1 aromatic carbocycles. The van der Waals surface area contributed by atoms with Crippen molar-refractivity contribution in [3.8, 4) is 0 Å². The Hall–Kier alpha value is -3.68. The number of anilines is 5. The predicted molar refractivity (Wildman–Crippen MR) is 96.0 cm³/mol. The first-order chi connectivity index (χ1) is 12.2. The molecule has 0 amide bonds. The Morgan fingerprint density at radius 2 is 1.80 bits per heavy atom. The summed E-state index contributed by atoms with van der Waals surface area (Å²) in [5.74, 6) is 2.14. The Morgan fingerprint density at radius 1 is 1.00 bits per heavy atom. The number of nitrogens with zero attached hydrogens (tertiary/aromatic N) is 4. The van der Waals surface area contributed by atoms with Gasteiger partial charge >= 0.3 is 0 Å². The number of hydrogen-bond acceptors (Lipinski definition) is 8. The summed E-state index contributed by atoms with van der Waals surface area (Å²) < 4.78 is 5.03. The van der Waals surface area contributed by atoms with E-state index < -0.39 is 0 Å². The Balaban J connectivity index is 1.67. The van der Waals surface area contributed by atoms with Gasteiger partial charge in [0.2, 0.25) is 0 Å². The zero-order chi connectivity index (χ0) is 17.2. The van der Waals surface area contributed by atoms with E-state index >= 15 is 0 Å². The normalized spacial score (nSPS) is 10.8. The minimum atomic E-state index is 0.371. The number of rotatable bonds is 4. The first kappa shape index (κ1) is 14.9. The molecule has 0 saturated carbocycles. The summed E-state index contributed by atoms with van der Waals surface area (Å²) in [5.41, 5.74) is 8.22. The lowest BCUT2D eigenvalue weighted by Crippen LogP contribution is -2.05. The van der Waals surface area contributed by atoms with Gasteiger partial charge in [0.15, 0.2) is 17.5 Å². The number of para-hydroxylation sites is 1. The minimum absolute atomic E-state index is 0.371. The highest BCUT2D eigenvalue weighted by atomic mass is 16.5. The molecule has 0 aliphatic carbocycles. The van der Waals surface area contributed by atoms with Crippen molar-refractivity contribution in [3.05, 3.63) is 54.7 Å². The van der Waals surface area contributed by atoms with Gasteiger partial charge < -0.3 is 20.9 Å². The third-order valence-corrected chi connectivity index (χ3v) is 3.64. The molecule has 0 aliphatic heterocycles. The summed E-state index contributed by atoms with van der Waals surface area (Å²) >= 11 is 0. The quantitative estimate of drug-likeness (QED) is 0.520. The van der Waals surface area contributed by atoms with Gasteiger partial charge in [0.25, 0.3) is 0 Å². The molecule has 0 unspecified atom stereocenters. The fourth-order valence-electron chi connectivity index (χ4n) is 2.47. The SMILES string of the molecule is Cc1cc(Nc2ncnc(Nc3cccc4cccnc34)c2N)no1. The van der Waals surface area contributed by atoms with E-state index in [9.17, 15) is 0 Å². The van der Waals surface area contributed by atoms with Crippen LogP contribution < -0.4 is 16.4 Å². The first-order valence-corrected chi connectivity index (χ1v) is 7.62. The number of benzene rings is 1. The fraction of sp³-hybridized carbons (Fsp3) is 0.0588. The Kier molecular flexibility index (Phi) is 3.62. The van der Waals surface area contributed by atoms with Crippen molar-refractivity contribution in [2.24, 2.45) is 0 Å². The Labute approximate surface area is 143 Å². The highest BCUT2D eigenvalue weighted by Gasteiger charge is 2.12. The highest BCUT2D eigenvalue weighted by Crippen LogP contribution is 2.30. The van der Waals surface area contributed by atoms with E-state index in [0.717, 1.165) is 16.6 Å². The van der Waals surface area contributed by atoms with Gasteiger partial charge in [-0.1, -0.05) is 23.4 Å². The van der Waals surface area contributed by atoms with Gasteiger partial charge in [0.05, 0.1) is 11.2 Å². The third kappa shape index (κ3) is 2.92. The monoisotopic (exact) mass is 333 g/mol. The number of pyridine rings is 1. The van der Waals surface area contributed by atoms with E-state index in [1.54, 1.807) is 12.3 Å². The maximum Gasteiger partial charge on any atom is 0.175 e. The van der Waals surface area contributed by atoms with Crippen molar-refractivity contribution in [2.75, 3.05) is 16.4 Å². The minimum Gasteiger partial charge on any atom is -0.393 e. The van der Waals surface area contributed by atoms with Crippen LogP contribution in [-0.4, -0.2) is 20.1 Å². The number of hydrogen-bond donors (Lipinski definition) is 3. The van der Waals surface area contributed by atoms with Crippen LogP contribution in [0.2, 0.25) is 0 Å². The molecule has 3 heterocycles. The topological polar surface area (TPSA) is 115 Å². The van der Waals surface area contributed by atoms with Crippen LogP contribution in [0.5, 0.6) is 0 Å². The van der Waals surface area contributed by atoms with Crippen molar-refractivity contribution in [2.45, 2.75) is 6.92 Å². The van der Waals surface area contributed by atoms with Gasteiger partial charge in [-0.05, 0) is 19.1 Å². The molecule has 0 bridgehead atoms. The molecule has 0 radical (unpaired) electrons. The van der Waals surface area contributed by atoms with E-state index in [4.69, 9.17) is 10.3 Å². The van der Waals surface area contributed by atoms with Gasteiger partial charge in [-0.25, -0.2) is 9.97 Å². The average Bonchev–Trinajstić information content (AvgIpc) is 3.04. The molecule has 0 atom stereocenters. The number of nitrogen functional groups attached to an aromatic ring is 1. The second kappa shape index (κ2) is 6.08. The molecular weight excluding hydrogens is 318 g/mol. The van der Waals surface area contributed by atoms with Crippen molar-refractivity contribution in [1.82, 2.24) is 20.1 Å². The van der Waals surface area contributed by atoms with Crippen LogP contribution in [0.1, 0.15) is 5.76 Å². The molecular formula is C17H15N7O. The molecule has 0 fully saturated rings. The van der Waals surface area contributed by atoms with E-state index in [0.29, 0.717) is 28.9 Å². The Bertz CT molecular complexity index is 1040. The summed E-state index contributed by atoms with van der Waals surface area (Å²) in [5, 5.41) is 11.1. The summed E-state index contributed by atoms with van der Waals surface area (Å²) in [4.78, 5) is 12.8. The van der Waals surface area contributed by atoms with Crippen LogP contribution in [0.4, 0.5) is 28.8 Å². The number of fused-ring (bicyclic) bond motifs is 1. The lowest BCUT2D eigenvalue weighted by molar-refractivity contribution is 0.400. The second-order valence-corrected chi connectivity index (χ2v) is 5.44. The van der Waals surface area contributed by atoms with Crippen LogP contribution in [0.3, 0.4) is 0 Å². The lowest BCUT2D eigenvalue weighted by Gasteiger charge is -2.12. The predicted octanol–water partition coefficient (Wildman–Crippen LogP) is 3.39. The molecule has 3 aromatic heterocycles. The molecule has 8 heteroatoms. The van der Waals surface area contributed by atoms with Crippen molar-refractivity contribution in [3.63, 3.8) is 0 Å². The van der Waals surface area contributed by atoms with Gasteiger partial charge in [-0.3, -0.25) is 4.98 Å². The lowest BCUT2D eigenvalue weighted by atomic mass is 10.2.